The molecule has 0 aromatic heterocycles. The van der Waals surface area contributed by atoms with Crippen LogP contribution in [-0.2, 0) is 28.8 Å². The Kier molecular flexibility index (Phi) is 13.7. The molecule has 0 aliphatic carbocycles. The number of carbonyl (C=O) groups is 6. The highest BCUT2D eigenvalue weighted by Gasteiger charge is 2.40. The van der Waals surface area contributed by atoms with Crippen LogP contribution in [0.15, 0.2) is 0 Å². The van der Waals surface area contributed by atoms with Crippen molar-refractivity contribution in [3.63, 3.8) is 0 Å². The molecule has 0 radical (unpaired) electrons. The summed E-state index contributed by atoms with van der Waals surface area (Å²) in [5.41, 5.74) is -2.74. The molecule has 0 heterocycles. The molecule has 0 aromatic carbocycles. The molecule has 2 atom stereocenters. The van der Waals surface area contributed by atoms with Crippen LogP contribution in [0.5, 0.6) is 0 Å². The van der Waals surface area contributed by atoms with Gasteiger partial charge in [0, 0.05) is 6.92 Å². The SMILES string of the molecule is CC(=O)O.O=C(O)C(O)C(O)C(=O)O.O=C(O)CC(O)(CC(=O)O)C(=O)O. The topological polar surface area (TPSA) is 284 Å². The van der Waals surface area contributed by atoms with Gasteiger partial charge in [0.2, 0.25) is 0 Å². The normalized spacial score (nSPS) is 12.0. The summed E-state index contributed by atoms with van der Waals surface area (Å²) in [6, 6.07) is 0. The van der Waals surface area contributed by atoms with Crippen molar-refractivity contribution >= 4 is 35.8 Å². The molecule has 0 amide bonds. The minimum atomic E-state index is -2.74. The summed E-state index contributed by atoms with van der Waals surface area (Å²) in [5, 5.41) is 73.8. The standard InChI is InChI=1S/C6H8O7.C4H6O6.C2H4O2/c7-3(8)1-6(13,5(11)12)2-4(9)10;5-1(3(7)8)2(6)4(9)10;1-2(3)4/h13H,1-2H2,(H,7,8)(H,9,10)(H,11,12);1-2,5-6H,(H,7,8)(H,9,10);1H3,(H,3,4). The third-order valence-electron chi connectivity index (χ3n) is 2.09. The van der Waals surface area contributed by atoms with Crippen molar-refractivity contribution in [1.82, 2.24) is 0 Å². The maximum Gasteiger partial charge on any atom is 0.336 e. The lowest BCUT2D eigenvalue weighted by Crippen LogP contribution is -2.42. The molecular weight excluding hydrogens is 384 g/mol. The molecule has 0 bridgehead atoms. The maximum atomic E-state index is 10.3. The maximum absolute atomic E-state index is 10.3. The molecule has 0 aromatic rings. The second-order valence-electron chi connectivity index (χ2n) is 4.56. The zero-order valence-corrected chi connectivity index (χ0v) is 13.5. The fourth-order valence-corrected chi connectivity index (χ4v) is 0.984. The number of aliphatic carboxylic acids is 6. The number of rotatable bonds is 8. The first-order valence-corrected chi connectivity index (χ1v) is 6.38. The van der Waals surface area contributed by atoms with Crippen molar-refractivity contribution < 1.29 is 74.7 Å². The second kappa shape index (κ2) is 13.0. The van der Waals surface area contributed by atoms with Gasteiger partial charge in [-0.1, -0.05) is 0 Å². The molecular formula is C12H18O15. The van der Waals surface area contributed by atoms with Crippen LogP contribution in [0.4, 0.5) is 0 Å². The van der Waals surface area contributed by atoms with Gasteiger partial charge in [-0.15, -0.1) is 0 Å². The molecule has 27 heavy (non-hydrogen) atoms. The van der Waals surface area contributed by atoms with E-state index in [-0.39, 0.29) is 0 Å². The highest BCUT2D eigenvalue weighted by atomic mass is 16.4. The predicted octanol–water partition coefficient (Wildman–Crippen LogP) is -3.28. The Morgan fingerprint density at radius 3 is 1.04 bits per heavy atom. The molecule has 0 spiro atoms. The van der Waals surface area contributed by atoms with E-state index in [2.05, 4.69) is 0 Å². The summed E-state index contributed by atoms with van der Waals surface area (Å²) in [4.78, 5) is 59.0. The fourth-order valence-electron chi connectivity index (χ4n) is 0.984. The highest BCUT2D eigenvalue weighted by Crippen LogP contribution is 2.15. The van der Waals surface area contributed by atoms with Crippen LogP contribution in [0, 0.1) is 0 Å². The number of aliphatic hydroxyl groups is 3. The molecule has 2 unspecified atom stereocenters. The Labute approximate surface area is 149 Å². The van der Waals surface area contributed by atoms with Gasteiger partial charge >= 0.3 is 29.8 Å². The fraction of sp³-hybridized carbons (Fsp3) is 0.500. The summed E-state index contributed by atoms with van der Waals surface area (Å²) in [6.07, 6.45) is -6.82. The van der Waals surface area contributed by atoms with Gasteiger partial charge in [-0.3, -0.25) is 14.4 Å². The van der Waals surface area contributed by atoms with Gasteiger partial charge in [0.25, 0.3) is 5.97 Å². The Balaban J connectivity index is -0.000000364. The molecule has 15 nitrogen and oxygen atoms in total. The van der Waals surface area contributed by atoms with Crippen LogP contribution in [-0.4, -0.2) is 99.6 Å². The summed E-state index contributed by atoms with van der Waals surface area (Å²) in [5.74, 6) is -9.39. The number of carboxylic acids is 6. The molecule has 0 aliphatic rings. The Bertz CT molecular complexity index is 527. The van der Waals surface area contributed by atoms with Crippen LogP contribution in [0.3, 0.4) is 0 Å². The van der Waals surface area contributed by atoms with E-state index in [1.165, 1.54) is 0 Å². The average molecular weight is 402 g/mol. The van der Waals surface area contributed by atoms with Gasteiger partial charge in [-0.25, -0.2) is 14.4 Å². The van der Waals surface area contributed by atoms with Gasteiger partial charge in [-0.05, 0) is 0 Å². The zero-order valence-electron chi connectivity index (χ0n) is 13.5. The van der Waals surface area contributed by atoms with Gasteiger partial charge in [0.1, 0.15) is 0 Å². The quantitative estimate of drug-likeness (QED) is 0.192. The van der Waals surface area contributed by atoms with Crippen molar-refractivity contribution in [2.45, 2.75) is 37.6 Å². The summed E-state index contributed by atoms with van der Waals surface area (Å²) in [7, 11) is 0. The summed E-state index contributed by atoms with van der Waals surface area (Å²) in [6.45, 7) is 1.08. The Morgan fingerprint density at radius 1 is 0.704 bits per heavy atom. The number of aliphatic hydroxyl groups excluding tert-OH is 2. The molecule has 0 rings (SSSR count). The van der Waals surface area contributed by atoms with E-state index in [0.717, 1.165) is 6.92 Å². The van der Waals surface area contributed by atoms with Crippen LogP contribution in [0.2, 0.25) is 0 Å². The number of carboxylic acid groups (broad SMARTS) is 6. The average Bonchev–Trinajstić information content (AvgIpc) is 2.43. The molecule has 0 fully saturated rings. The minimum absolute atomic E-state index is 0.833. The number of hydrogen-bond acceptors (Lipinski definition) is 9. The molecule has 9 N–H and O–H groups in total. The highest BCUT2D eigenvalue weighted by molar-refractivity contribution is 5.88. The first-order chi connectivity index (χ1) is 12.0. The van der Waals surface area contributed by atoms with Crippen LogP contribution < -0.4 is 0 Å². The van der Waals surface area contributed by atoms with Crippen molar-refractivity contribution in [3.05, 3.63) is 0 Å². The molecule has 15 heteroatoms. The van der Waals surface area contributed by atoms with Gasteiger partial charge < -0.3 is 46.0 Å². The van der Waals surface area contributed by atoms with Crippen molar-refractivity contribution in [2.75, 3.05) is 0 Å². The van der Waals surface area contributed by atoms with E-state index in [9.17, 15) is 24.0 Å². The largest absolute Gasteiger partial charge is 0.481 e. The first-order valence-electron chi connectivity index (χ1n) is 6.38. The third-order valence-corrected chi connectivity index (χ3v) is 2.09. The second-order valence-corrected chi connectivity index (χ2v) is 4.56. The van der Waals surface area contributed by atoms with Crippen LogP contribution in [0.1, 0.15) is 19.8 Å². The van der Waals surface area contributed by atoms with Crippen molar-refractivity contribution in [2.24, 2.45) is 0 Å². The molecule has 156 valence electrons. The molecule has 0 saturated heterocycles. The van der Waals surface area contributed by atoms with E-state index in [4.69, 9.17) is 50.8 Å². The first kappa shape index (κ1) is 28.5. The minimum Gasteiger partial charge on any atom is -0.481 e. The van der Waals surface area contributed by atoms with Gasteiger partial charge in [-0.2, -0.15) is 0 Å². The van der Waals surface area contributed by atoms with E-state index in [1.54, 1.807) is 0 Å². The Morgan fingerprint density at radius 2 is 0.926 bits per heavy atom. The zero-order chi connectivity index (χ0) is 22.5. The summed E-state index contributed by atoms with van der Waals surface area (Å²) >= 11 is 0. The van der Waals surface area contributed by atoms with E-state index in [1.807, 2.05) is 0 Å². The van der Waals surface area contributed by atoms with E-state index >= 15 is 0 Å². The lowest BCUT2D eigenvalue weighted by Gasteiger charge is -2.18. The van der Waals surface area contributed by atoms with E-state index in [0.29, 0.717) is 0 Å². The monoisotopic (exact) mass is 402 g/mol. The van der Waals surface area contributed by atoms with Crippen LogP contribution in [0.25, 0.3) is 0 Å². The van der Waals surface area contributed by atoms with Crippen molar-refractivity contribution in [1.29, 1.82) is 0 Å². The van der Waals surface area contributed by atoms with Crippen molar-refractivity contribution in [3.8, 4) is 0 Å². The van der Waals surface area contributed by atoms with Crippen LogP contribution >= 0.6 is 0 Å². The summed E-state index contributed by atoms with van der Waals surface area (Å²) < 4.78 is 0. The molecule has 0 aliphatic heterocycles. The third kappa shape index (κ3) is 15.9. The van der Waals surface area contributed by atoms with Gasteiger partial charge in [0.05, 0.1) is 12.8 Å². The predicted molar refractivity (Wildman–Crippen MR) is 77.7 cm³/mol. The van der Waals surface area contributed by atoms with E-state index < -0.39 is 66.5 Å². The number of hydrogen-bond donors (Lipinski definition) is 9. The lowest BCUT2D eigenvalue weighted by atomic mass is 9.96. The Hall–Kier alpha value is -3.30. The lowest BCUT2D eigenvalue weighted by molar-refractivity contribution is -0.170. The van der Waals surface area contributed by atoms with Gasteiger partial charge in [0.15, 0.2) is 17.8 Å². The smallest absolute Gasteiger partial charge is 0.336 e. The molecule has 0 saturated carbocycles.